The molecule has 0 bridgehead atoms. The molecule has 0 aromatic rings. The van der Waals surface area contributed by atoms with E-state index in [0.29, 0.717) is 6.42 Å². The normalized spacial score (nSPS) is 12.6. The van der Waals surface area contributed by atoms with Gasteiger partial charge in [-0.05, 0) is 32.1 Å². The summed E-state index contributed by atoms with van der Waals surface area (Å²) in [6, 6.07) is 0. The van der Waals surface area contributed by atoms with Crippen LogP contribution in [0.15, 0.2) is 12.2 Å². The van der Waals surface area contributed by atoms with Crippen molar-refractivity contribution in [3.63, 3.8) is 0 Å². The quantitative estimate of drug-likeness (QED) is 0.0938. The molecule has 6 nitrogen and oxygen atoms in total. The number of hydrogen-bond donors (Lipinski definition) is 2. The smallest absolute Gasteiger partial charge is 0.399 e. The van der Waals surface area contributed by atoms with Crippen LogP contribution in [0.1, 0.15) is 116 Å². The van der Waals surface area contributed by atoms with Crippen molar-refractivity contribution < 1.29 is 27.1 Å². The van der Waals surface area contributed by atoms with Gasteiger partial charge in [0.25, 0.3) is 0 Å². The molecule has 0 fully saturated rings. The Hall–Kier alpha value is -1.36. The molecule has 2 N–H and O–H groups in total. The molecule has 0 unspecified atom stereocenters. The van der Waals surface area contributed by atoms with Gasteiger partial charge in [0.1, 0.15) is 0 Å². The van der Waals surface area contributed by atoms with Gasteiger partial charge in [-0.3, -0.25) is 4.55 Å². The van der Waals surface area contributed by atoms with Crippen molar-refractivity contribution in [1.29, 1.82) is 0 Å². The van der Waals surface area contributed by atoms with E-state index in [9.17, 15) is 13.2 Å². The van der Waals surface area contributed by atoms with Crippen LogP contribution in [0.2, 0.25) is 0 Å². The third-order valence-electron chi connectivity index (χ3n) is 4.99. The molecule has 0 aromatic heterocycles. The number of carboxylic acids is 1. The maximum Gasteiger partial charge on any atom is 0.399 e. The van der Waals surface area contributed by atoms with Crippen molar-refractivity contribution in [1.82, 2.24) is 0 Å². The number of rotatable bonds is 20. The molecule has 31 heavy (non-hydrogen) atoms. The summed E-state index contributed by atoms with van der Waals surface area (Å²) in [5.74, 6) is 3.28. The summed E-state index contributed by atoms with van der Waals surface area (Å²) in [5.41, 5.74) is 0. The van der Waals surface area contributed by atoms with E-state index in [2.05, 4.69) is 35.1 Å². The Balaban J connectivity index is 3.46. The molecule has 0 aromatic carbocycles. The van der Waals surface area contributed by atoms with E-state index in [1.807, 2.05) is 0 Å². The number of carbonyl (C=O) groups is 1. The second-order valence-electron chi connectivity index (χ2n) is 7.96. The molecule has 0 aliphatic heterocycles. The van der Waals surface area contributed by atoms with Crippen LogP contribution in [0.25, 0.3) is 0 Å². The second kappa shape index (κ2) is 20.5. The lowest BCUT2D eigenvalue weighted by atomic mass is 10.0. The van der Waals surface area contributed by atoms with Crippen molar-refractivity contribution in [2.24, 2.45) is 0 Å². The number of hydrogen-bond acceptors (Lipinski definition) is 4. The van der Waals surface area contributed by atoms with E-state index in [0.717, 1.165) is 19.3 Å². The number of aliphatic carboxylic acids is 1. The lowest BCUT2D eigenvalue weighted by Gasteiger charge is -2.03. The van der Waals surface area contributed by atoms with E-state index in [4.69, 9.17) is 9.66 Å². The van der Waals surface area contributed by atoms with E-state index in [1.54, 1.807) is 0 Å². The fraction of sp³-hybridized carbons (Fsp3) is 0.792. The van der Waals surface area contributed by atoms with Gasteiger partial charge in [0.05, 0.1) is 0 Å². The van der Waals surface area contributed by atoms with Crippen LogP contribution in [-0.2, 0) is 19.4 Å². The molecule has 0 saturated heterocycles. The van der Waals surface area contributed by atoms with Crippen LogP contribution < -0.4 is 0 Å². The Morgan fingerprint density at radius 3 is 1.74 bits per heavy atom. The predicted octanol–water partition coefficient (Wildman–Crippen LogP) is 6.47. The summed E-state index contributed by atoms with van der Waals surface area (Å²) in [6.45, 7) is 2.24. The zero-order chi connectivity index (χ0) is 23.2. The SMILES string of the molecule is CCCCCC/C=C\CCCCCCCCCCCCC#C[C@@H](OS(=O)(=O)O)C(=O)O. The fourth-order valence-electron chi connectivity index (χ4n) is 3.23. The predicted molar refractivity (Wildman–Crippen MR) is 125 cm³/mol. The first-order chi connectivity index (χ1) is 14.9. The monoisotopic (exact) mass is 458 g/mol. The van der Waals surface area contributed by atoms with Crippen molar-refractivity contribution in [3.05, 3.63) is 12.2 Å². The first-order valence-electron chi connectivity index (χ1n) is 11.9. The van der Waals surface area contributed by atoms with Gasteiger partial charge in [-0.15, -0.1) is 0 Å². The van der Waals surface area contributed by atoms with Gasteiger partial charge < -0.3 is 5.11 Å². The summed E-state index contributed by atoms with van der Waals surface area (Å²) in [7, 11) is -4.83. The molecule has 0 amide bonds. The molecular weight excluding hydrogens is 416 g/mol. The molecule has 180 valence electrons. The Bertz CT molecular complexity index is 630. The maximum atomic E-state index is 10.8. The van der Waals surface area contributed by atoms with Crippen molar-refractivity contribution >= 4 is 16.4 Å². The van der Waals surface area contributed by atoms with Gasteiger partial charge in [-0.1, -0.05) is 102 Å². The third kappa shape index (κ3) is 23.1. The standard InChI is InChI=1S/C24H42O6S/c1-2-3-4-5-6-7-8-9-10-11-12-13-14-15-16-17-18-19-20-21-22-23(24(25)26)30-31(27,28)29/h7-8,23H,2-6,9-20H2,1H3,(H,25,26)(H,27,28,29)/b8-7-/t23-/m1/s1. The molecule has 0 aliphatic rings. The first kappa shape index (κ1) is 29.6. The highest BCUT2D eigenvalue weighted by Gasteiger charge is 2.21. The summed E-state index contributed by atoms with van der Waals surface area (Å²) < 4.78 is 33.6. The number of allylic oxidation sites excluding steroid dienone is 2. The molecule has 0 radical (unpaired) electrons. The van der Waals surface area contributed by atoms with Gasteiger partial charge in [0.2, 0.25) is 6.10 Å². The van der Waals surface area contributed by atoms with Gasteiger partial charge >= 0.3 is 16.4 Å². The summed E-state index contributed by atoms with van der Waals surface area (Å²) in [6.07, 6.45) is 23.0. The molecule has 1 atom stereocenters. The van der Waals surface area contributed by atoms with Crippen molar-refractivity contribution in [3.8, 4) is 11.8 Å². The molecule has 0 heterocycles. The molecule has 0 rings (SSSR count). The maximum absolute atomic E-state index is 10.8. The first-order valence-corrected chi connectivity index (χ1v) is 13.2. The summed E-state index contributed by atoms with van der Waals surface area (Å²) in [5, 5.41) is 8.79. The van der Waals surface area contributed by atoms with E-state index in [-0.39, 0.29) is 0 Å². The topological polar surface area (TPSA) is 101 Å². The second-order valence-corrected chi connectivity index (χ2v) is 9.01. The minimum atomic E-state index is -4.83. The molecule has 0 spiro atoms. The Labute approximate surface area is 189 Å². The molecule has 0 aliphatic carbocycles. The van der Waals surface area contributed by atoms with Gasteiger partial charge in [-0.2, -0.15) is 8.42 Å². The summed E-state index contributed by atoms with van der Waals surface area (Å²) in [4.78, 5) is 10.8. The zero-order valence-electron chi connectivity index (χ0n) is 19.2. The van der Waals surface area contributed by atoms with Crippen LogP contribution >= 0.6 is 0 Å². The van der Waals surface area contributed by atoms with Crippen molar-refractivity contribution in [2.45, 2.75) is 122 Å². The van der Waals surface area contributed by atoms with Crippen LogP contribution in [-0.4, -0.2) is 30.2 Å². The average Bonchev–Trinajstić information content (AvgIpc) is 2.70. The van der Waals surface area contributed by atoms with Gasteiger partial charge in [-0.25, -0.2) is 8.98 Å². The number of carboxylic acid groups (broad SMARTS) is 1. The Morgan fingerprint density at radius 2 is 1.29 bits per heavy atom. The Kier molecular flexibility index (Phi) is 19.6. The fourth-order valence-corrected chi connectivity index (χ4v) is 3.60. The molecule has 0 saturated carbocycles. The zero-order valence-corrected chi connectivity index (χ0v) is 20.0. The highest BCUT2D eigenvalue weighted by molar-refractivity contribution is 7.80. The highest BCUT2D eigenvalue weighted by atomic mass is 32.3. The molecular formula is C24H42O6S. The lowest BCUT2D eigenvalue weighted by Crippen LogP contribution is -2.25. The van der Waals surface area contributed by atoms with Crippen LogP contribution in [0.3, 0.4) is 0 Å². The summed E-state index contributed by atoms with van der Waals surface area (Å²) >= 11 is 0. The largest absolute Gasteiger partial charge is 0.479 e. The van der Waals surface area contributed by atoms with Gasteiger partial charge in [0, 0.05) is 6.42 Å². The minimum Gasteiger partial charge on any atom is -0.479 e. The Morgan fingerprint density at radius 1 is 0.839 bits per heavy atom. The minimum absolute atomic E-state index is 0.478. The van der Waals surface area contributed by atoms with E-state index in [1.165, 1.54) is 83.5 Å². The molecule has 7 heteroatoms. The van der Waals surface area contributed by atoms with Crippen LogP contribution in [0.5, 0.6) is 0 Å². The van der Waals surface area contributed by atoms with Gasteiger partial charge in [0.15, 0.2) is 0 Å². The van der Waals surface area contributed by atoms with E-state index < -0.39 is 22.5 Å². The van der Waals surface area contributed by atoms with Crippen LogP contribution in [0, 0.1) is 11.8 Å². The van der Waals surface area contributed by atoms with E-state index >= 15 is 0 Å². The van der Waals surface area contributed by atoms with Crippen LogP contribution in [0.4, 0.5) is 0 Å². The highest BCUT2D eigenvalue weighted by Crippen LogP contribution is 2.12. The van der Waals surface area contributed by atoms with Crippen molar-refractivity contribution in [2.75, 3.05) is 0 Å². The lowest BCUT2D eigenvalue weighted by molar-refractivity contribution is -0.142. The third-order valence-corrected chi connectivity index (χ3v) is 5.42. The average molecular weight is 459 g/mol. The number of unbranched alkanes of at least 4 members (excludes halogenated alkanes) is 15.